The van der Waals surface area contributed by atoms with Crippen LogP contribution in [0.5, 0.6) is 11.5 Å². The molecule has 0 radical (unpaired) electrons. The second kappa shape index (κ2) is 18.0. The lowest BCUT2D eigenvalue weighted by Gasteiger charge is -2.36. The Morgan fingerprint density at radius 3 is 2.60 bits per heavy atom. The van der Waals surface area contributed by atoms with Crippen molar-refractivity contribution in [1.29, 1.82) is 0 Å². The number of nitrogens with one attached hydrogen (secondary N) is 3. The minimum absolute atomic E-state index is 0.0110. The lowest BCUT2D eigenvalue weighted by atomic mass is 9.72. The molecular formula is C46H48ClFN6O7S. The van der Waals surface area contributed by atoms with Crippen molar-refractivity contribution in [2.75, 3.05) is 44.7 Å². The van der Waals surface area contributed by atoms with Gasteiger partial charge in [-0.1, -0.05) is 55.3 Å². The van der Waals surface area contributed by atoms with Gasteiger partial charge in [0.25, 0.3) is 21.6 Å². The molecule has 3 aliphatic rings. The molecule has 0 atom stereocenters. The van der Waals surface area contributed by atoms with E-state index in [0.29, 0.717) is 43.4 Å². The van der Waals surface area contributed by atoms with Crippen LogP contribution in [0.25, 0.3) is 22.2 Å². The van der Waals surface area contributed by atoms with E-state index in [4.69, 9.17) is 21.1 Å². The van der Waals surface area contributed by atoms with Gasteiger partial charge in [0.2, 0.25) is 0 Å². The number of ether oxygens (including phenoxy) is 2. The third-order valence-corrected chi connectivity index (χ3v) is 13.6. The first-order valence-electron chi connectivity index (χ1n) is 20.7. The van der Waals surface area contributed by atoms with Crippen molar-refractivity contribution in [2.24, 2.45) is 11.3 Å². The molecule has 8 rings (SSSR count). The number of hydrogen-bond donors (Lipinski definition) is 3. The summed E-state index contributed by atoms with van der Waals surface area (Å²) in [5, 5.41) is 16.0. The van der Waals surface area contributed by atoms with Gasteiger partial charge in [0.1, 0.15) is 28.7 Å². The molecule has 13 nitrogen and oxygen atoms in total. The molecule has 2 aromatic heterocycles. The lowest BCUT2D eigenvalue weighted by molar-refractivity contribution is -0.384. The zero-order valence-electron chi connectivity index (χ0n) is 34.5. The molecule has 16 heteroatoms. The van der Waals surface area contributed by atoms with Crippen molar-refractivity contribution in [2.45, 2.75) is 57.3 Å². The molecule has 324 valence electrons. The highest BCUT2D eigenvalue weighted by Gasteiger charge is 2.30. The number of nitro benzene ring substituents is 1. The zero-order chi connectivity index (χ0) is 43.6. The molecule has 1 aliphatic carbocycles. The van der Waals surface area contributed by atoms with Crippen LogP contribution >= 0.6 is 11.6 Å². The Morgan fingerprint density at radius 2 is 1.85 bits per heavy atom. The van der Waals surface area contributed by atoms with Crippen LogP contribution in [0, 0.1) is 27.3 Å². The molecule has 1 fully saturated rings. The molecule has 0 saturated carbocycles. The van der Waals surface area contributed by atoms with Gasteiger partial charge in [0.05, 0.1) is 27.0 Å². The molecule has 1 saturated heterocycles. The van der Waals surface area contributed by atoms with Gasteiger partial charge in [-0.15, -0.1) is 0 Å². The van der Waals surface area contributed by atoms with Gasteiger partial charge in [0, 0.05) is 56.7 Å². The fourth-order valence-electron chi connectivity index (χ4n) is 8.40. The second-order valence-corrected chi connectivity index (χ2v) is 19.1. The normalized spacial score (nSPS) is 17.5. The maximum atomic E-state index is 14.6. The summed E-state index contributed by atoms with van der Waals surface area (Å²) in [4.78, 5) is 34.2. The largest absolute Gasteiger partial charge is 0.455 e. The van der Waals surface area contributed by atoms with E-state index in [1.165, 1.54) is 53.4 Å². The fraction of sp³-hybridized carbons (Fsp3) is 0.348. The molecule has 2 aliphatic heterocycles. The van der Waals surface area contributed by atoms with Crippen LogP contribution in [-0.2, 0) is 14.8 Å². The van der Waals surface area contributed by atoms with E-state index in [0.717, 1.165) is 62.4 Å². The number of fused-ring (bicyclic) bond motifs is 1. The predicted molar refractivity (Wildman–Crippen MR) is 237 cm³/mol. The Hall–Kier alpha value is -5.61. The number of carbonyl (C=O) groups is 1. The molecule has 1 amide bonds. The number of H-pyrrole nitrogens is 1. The van der Waals surface area contributed by atoms with E-state index in [1.54, 1.807) is 12.1 Å². The highest BCUT2D eigenvalue weighted by Crippen LogP contribution is 2.44. The number of aromatic nitrogens is 2. The number of amides is 1. The Morgan fingerprint density at radius 1 is 1.08 bits per heavy atom. The van der Waals surface area contributed by atoms with Crippen LogP contribution < -0.4 is 14.8 Å². The van der Waals surface area contributed by atoms with Gasteiger partial charge in [-0.2, -0.15) is 0 Å². The molecule has 4 heterocycles. The number of benzene rings is 3. The molecule has 3 aromatic carbocycles. The average molecular weight is 883 g/mol. The van der Waals surface area contributed by atoms with Crippen LogP contribution in [0.1, 0.15) is 73.9 Å². The smallest absolute Gasteiger partial charge is 0.293 e. The summed E-state index contributed by atoms with van der Waals surface area (Å²) >= 11 is 6.23. The Labute approximate surface area is 364 Å². The van der Waals surface area contributed by atoms with Gasteiger partial charge in [0.15, 0.2) is 0 Å². The predicted octanol–water partition coefficient (Wildman–Crippen LogP) is 9.77. The van der Waals surface area contributed by atoms with Crippen LogP contribution in [0.4, 0.5) is 15.8 Å². The number of rotatable bonds is 13. The quantitative estimate of drug-likeness (QED) is 0.0765. The van der Waals surface area contributed by atoms with Gasteiger partial charge in [-0.3, -0.25) is 19.8 Å². The Kier molecular flexibility index (Phi) is 12.5. The van der Waals surface area contributed by atoms with Gasteiger partial charge < -0.3 is 19.8 Å². The van der Waals surface area contributed by atoms with E-state index >= 15 is 0 Å². The first kappa shape index (κ1) is 43.1. The summed E-state index contributed by atoms with van der Waals surface area (Å²) in [5.74, 6) is -1.18. The number of anilines is 1. The number of halogens is 2. The number of allylic oxidation sites excluding steroid dienone is 1. The maximum absolute atomic E-state index is 14.6. The number of nitrogens with zero attached hydrogens (tertiary/aromatic N) is 3. The molecule has 0 spiro atoms. The SMILES string of the molecule is CC1(C)CCC(CN2CC=C(c3ccc(C(=O)NS(=O)(=O)c4ccc(NCC5CCOCC5)c([N+](=O)[O-])c4)c(Oc4cnc5[nH]cc(F)c5c4)c3)CC2)=C(c2ccc(Cl)cc2)C1. The average Bonchev–Trinajstić information content (AvgIpc) is 3.63. The van der Waals surface area contributed by atoms with Crippen molar-refractivity contribution in [3.8, 4) is 11.5 Å². The molecule has 5 aromatic rings. The van der Waals surface area contributed by atoms with E-state index in [-0.39, 0.29) is 39.5 Å². The highest BCUT2D eigenvalue weighted by molar-refractivity contribution is 7.90. The number of pyridine rings is 1. The van der Waals surface area contributed by atoms with Crippen molar-refractivity contribution in [1.82, 2.24) is 19.6 Å². The van der Waals surface area contributed by atoms with Crippen molar-refractivity contribution in [3.63, 3.8) is 0 Å². The Bertz CT molecular complexity index is 2690. The van der Waals surface area contributed by atoms with Crippen molar-refractivity contribution >= 4 is 61.1 Å². The zero-order valence-corrected chi connectivity index (χ0v) is 36.1. The van der Waals surface area contributed by atoms with Crippen LogP contribution in [-0.4, -0.2) is 73.5 Å². The van der Waals surface area contributed by atoms with E-state index in [2.05, 4.69) is 57.0 Å². The number of nitro groups is 1. The van der Waals surface area contributed by atoms with E-state index < -0.39 is 37.3 Å². The maximum Gasteiger partial charge on any atom is 0.293 e. The Balaban J connectivity index is 1.04. The number of hydrogen-bond acceptors (Lipinski definition) is 10. The van der Waals surface area contributed by atoms with Crippen molar-refractivity contribution in [3.05, 3.63) is 128 Å². The molecule has 0 unspecified atom stereocenters. The topological polar surface area (TPSA) is 169 Å². The van der Waals surface area contributed by atoms with E-state index in [1.807, 2.05) is 12.1 Å². The highest BCUT2D eigenvalue weighted by atomic mass is 35.5. The summed E-state index contributed by atoms with van der Waals surface area (Å²) in [5.41, 5.74) is 5.90. The molecule has 62 heavy (non-hydrogen) atoms. The number of sulfonamides is 1. The first-order chi connectivity index (χ1) is 29.7. The summed E-state index contributed by atoms with van der Waals surface area (Å²) in [6.45, 7) is 8.62. The van der Waals surface area contributed by atoms with Crippen LogP contribution in [0.2, 0.25) is 5.02 Å². The van der Waals surface area contributed by atoms with Crippen molar-refractivity contribution < 1.29 is 32.0 Å². The van der Waals surface area contributed by atoms with Gasteiger partial charge >= 0.3 is 0 Å². The third kappa shape index (κ3) is 9.86. The second-order valence-electron chi connectivity index (χ2n) is 17.0. The molecule has 3 N–H and O–H groups in total. The summed E-state index contributed by atoms with van der Waals surface area (Å²) in [6, 6.07) is 17.9. The summed E-state index contributed by atoms with van der Waals surface area (Å²) in [6.07, 6.45) is 10.1. The number of aromatic amines is 1. The first-order valence-corrected chi connectivity index (χ1v) is 22.6. The van der Waals surface area contributed by atoms with Crippen LogP contribution in [0.3, 0.4) is 0 Å². The summed E-state index contributed by atoms with van der Waals surface area (Å²) < 4.78 is 55.5. The minimum Gasteiger partial charge on any atom is -0.455 e. The van der Waals surface area contributed by atoms with Crippen LogP contribution in [0.15, 0.2) is 95.7 Å². The minimum atomic E-state index is -4.61. The monoisotopic (exact) mass is 882 g/mol. The third-order valence-electron chi connectivity index (χ3n) is 12.0. The van der Waals surface area contributed by atoms with Gasteiger partial charge in [-0.25, -0.2) is 22.5 Å². The molecule has 0 bridgehead atoms. The number of carbonyl (C=O) groups excluding carboxylic acids is 1. The lowest BCUT2D eigenvalue weighted by Crippen LogP contribution is -2.32. The molecular weight excluding hydrogens is 835 g/mol. The summed E-state index contributed by atoms with van der Waals surface area (Å²) in [7, 11) is -4.61. The van der Waals surface area contributed by atoms with E-state index in [9.17, 15) is 27.7 Å². The standard InChI is InChI=1S/C46H48ClFN6O7S/c1-46(2)16-11-33(39(24-46)31-3-6-34(47)7-4-31)28-53-17-12-30(13-18-53)32-5-9-37(43(21-32)61-35-22-38-40(48)27-51-44(38)50-26-35)45(55)52-62(58,59)36-8-10-41(42(23-36)54(56)57)49-25-29-14-19-60-20-15-29/h3-10,12,21-23,26-27,29,49H,11,13-20,24-25,28H2,1-2H3,(H,50,51)(H,52,55). The fourth-order valence-corrected chi connectivity index (χ4v) is 9.51. The van der Waals surface area contributed by atoms with Gasteiger partial charge in [-0.05, 0) is 115 Å².